The first-order valence-corrected chi connectivity index (χ1v) is 5.96. The Morgan fingerprint density at radius 1 is 1.07 bits per heavy atom. The minimum absolute atomic E-state index is 0.130. The maximum absolute atomic E-state index is 5.74. The average molecular weight is 202 g/mol. The van der Waals surface area contributed by atoms with E-state index in [-0.39, 0.29) is 5.60 Å². The lowest BCUT2D eigenvalue weighted by atomic mass is 9.69. The molecule has 0 radical (unpaired) electrons. The van der Waals surface area contributed by atoms with Gasteiger partial charge in [-0.05, 0) is 25.3 Å². The van der Waals surface area contributed by atoms with Crippen molar-refractivity contribution >= 4 is 0 Å². The molecule has 15 heavy (non-hydrogen) atoms. The summed E-state index contributed by atoms with van der Waals surface area (Å²) in [7, 11) is 0. The van der Waals surface area contributed by atoms with Gasteiger partial charge >= 0.3 is 0 Å². The molecule has 0 amide bonds. The molecule has 1 aliphatic heterocycles. The molecule has 1 saturated carbocycles. The van der Waals surface area contributed by atoms with Gasteiger partial charge in [0.1, 0.15) is 0 Å². The average Bonchev–Trinajstić information content (AvgIpc) is 2.86. The SMILES string of the molecule is CC1(C2(c3ccccc3)CCCC2)CO1. The van der Waals surface area contributed by atoms with Crippen molar-refractivity contribution in [1.82, 2.24) is 0 Å². The van der Waals surface area contributed by atoms with Gasteiger partial charge < -0.3 is 4.74 Å². The van der Waals surface area contributed by atoms with Gasteiger partial charge in [0, 0.05) is 5.41 Å². The summed E-state index contributed by atoms with van der Waals surface area (Å²) >= 11 is 0. The van der Waals surface area contributed by atoms with Gasteiger partial charge in [-0.2, -0.15) is 0 Å². The second-order valence-corrected chi connectivity index (χ2v) is 5.17. The highest BCUT2D eigenvalue weighted by Gasteiger charge is 2.59. The van der Waals surface area contributed by atoms with E-state index >= 15 is 0 Å². The Labute approximate surface area is 91.5 Å². The lowest BCUT2D eigenvalue weighted by Gasteiger charge is -2.34. The van der Waals surface area contributed by atoms with Crippen molar-refractivity contribution in [1.29, 1.82) is 0 Å². The summed E-state index contributed by atoms with van der Waals surface area (Å²) in [6.07, 6.45) is 5.31. The zero-order valence-corrected chi connectivity index (χ0v) is 9.33. The fraction of sp³-hybridized carbons (Fsp3) is 0.571. The summed E-state index contributed by atoms with van der Waals surface area (Å²) < 4.78 is 5.74. The van der Waals surface area contributed by atoms with Crippen molar-refractivity contribution < 1.29 is 4.74 Å². The molecule has 3 rings (SSSR count). The van der Waals surface area contributed by atoms with Crippen LogP contribution in [0.15, 0.2) is 30.3 Å². The lowest BCUT2D eigenvalue weighted by Crippen LogP contribution is -2.38. The maximum atomic E-state index is 5.74. The fourth-order valence-corrected chi connectivity index (χ4v) is 3.24. The minimum atomic E-state index is 0.130. The van der Waals surface area contributed by atoms with E-state index in [2.05, 4.69) is 37.3 Å². The lowest BCUT2D eigenvalue weighted by molar-refractivity contribution is 0.196. The molecular formula is C14H18O. The largest absolute Gasteiger partial charge is 0.369 e. The number of ether oxygens (including phenoxy) is 1. The summed E-state index contributed by atoms with van der Waals surface area (Å²) in [6, 6.07) is 11.0. The number of hydrogen-bond donors (Lipinski definition) is 0. The molecule has 80 valence electrons. The van der Waals surface area contributed by atoms with Gasteiger partial charge in [-0.15, -0.1) is 0 Å². The second-order valence-electron chi connectivity index (χ2n) is 5.17. The molecule has 0 aromatic heterocycles. The van der Waals surface area contributed by atoms with Gasteiger partial charge in [0.2, 0.25) is 0 Å². The summed E-state index contributed by atoms with van der Waals surface area (Å²) in [4.78, 5) is 0. The van der Waals surface area contributed by atoms with E-state index < -0.39 is 0 Å². The van der Waals surface area contributed by atoms with E-state index in [1.807, 2.05) is 0 Å². The summed E-state index contributed by atoms with van der Waals surface area (Å²) in [5.74, 6) is 0. The zero-order chi connectivity index (χ0) is 10.4. The van der Waals surface area contributed by atoms with Crippen LogP contribution in [-0.4, -0.2) is 12.2 Å². The van der Waals surface area contributed by atoms with Crippen LogP contribution in [0.1, 0.15) is 38.2 Å². The van der Waals surface area contributed by atoms with Crippen molar-refractivity contribution in [2.45, 2.75) is 43.6 Å². The molecule has 1 heteroatoms. The third-order valence-electron chi connectivity index (χ3n) is 4.37. The highest BCUT2D eigenvalue weighted by Crippen LogP contribution is 2.55. The van der Waals surface area contributed by atoms with E-state index in [1.54, 1.807) is 0 Å². The van der Waals surface area contributed by atoms with E-state index in [1.165, 1.54) is 31.2 Å². The first kappa shape index (κ1) is 9.41. The van der Waals surface area contributed by atoms with Crippen molar-refractivity contribution in [3.05, 3.63) is 35.9 Å². The van der Waals surface area contributed by atoms with Gasteiger partial charge in [0.05, 0.1) is 12.2 Å². The predicted octanol–water partition coefficient (Wildman–Crippen LogP) is 3.29. The Morgan fingerprint density at radius 3 is 2.20 bits per heavy atom. The predicted molar refractivity (Wildman–Crippen MR) is 60.9 cm³/mol. The highest BCUT2D eigenvalue weighted by atomic mass is 16.6. The molecule has 0 spiro atoms. The van der Waals surface area contributed by atoms with Crippen LogP contribution in [0, 0.1) is 0 Å². The second kappa shape index (κ2) is 3.08. The topological polar surface area (TPSA) is 12.5 Å². The molecule has 1 heterocycles. The van der Waals surface area contributed by atoms with E-state index in [4.69, 9.17) is 4.74 Å². The van der Waals surface area contributed by atoms with Crippen LogP contribution in [0.25, 0.3) is 0 Å². The summed E-state index contributed by atoms with van der Waals surface area (Å²) in [5.41, 5.74) is 1.93. The van der Waals surface area contributed by atoms with Crippen LogP contribution in [0.5, 0.6) is 0 Å². The van der Waals surface area contributed by atoms with Gasteiger partial charge in [-0.3, -0.25) is 0 Å². The molecule has 1 saturated heterocycles. The van der Waals surface area contributed by atoms with Crippen LogP contribution < -0.4 is 0 Å². The Bertz CT molecular complexity index is 345. The van der Waals surface area contributed by atoms with Crippen molar-refractivity contribution in [3.8, 4) is 0 Å². The molecule has 1 unspecified atom stereocenters. The van der Waals surface area contributed by atoms with Crippen molar-refractivity contribution in [2.24, 2.45) is 0 Å². The van der Waals surface area contributed by atoms with Gasteiger partial charge in [-0.25, -0.2) is 0 Å². The quantitative estimate of drug-likeness (QED) is 0.670. The van der Waals surface area contributed by atoms with Crippen LogP contribution >= 0.6 is 0 Å². The highest BCUT2D eigenvalue weighted by molar-refractivity contribution is 5.33. The van der Waals surface area contributed by atoms with Crippen molar-refractivity contribution in [3.63, 3.8) is 0 Å². The first-order valence-electron chi connectivity index (χ1n) is 5.96. The Kier molecular flexibility index (Phi) is 1.93. The molecule has 2 fully saturated rings. The maximum Gasteiger partial charge on any atom is 0.0984 e. The van der Waals surface area contributed by atoms with E-state index in [9.17, 15) is 0 Å². The van der Waals surface area contributed by atoms with E-state index in [0.29, 0.717) is 5.41 Å². The van der Waals surface area contributed by atoms with Crippen LogP contribution in [0.4, 0.5) is 0 Å². The number of benzene rings is 1. The normalized spacial score (nSPS) is 32.9. The molecule has 1 nitrogen and oxygen atoms in total. The summed E-state index contributed by atoms with van der Waals surface area (Å²) in [6.45, 7) is 3.23. The standard InChI is InChI=1S/C14H18O/c1-13(11-15-13)14(9-5-6-10-14)12-7-3-2-4-8-12/h2-4,7-8H,5-6,9-11H2,1H3. The summed E-state index contributed by atoms with van der Waals surface area (Å²) in [5, 5.41) is 0. The molecule has 1 aromatic rings. The fourth-order valence-electron chi connectivity index (χ4n) is 3.24. The smallest absolute Gasteiger partial charge is 0.0984 e. The zero-order valence-electron chi connectivity index (χ0n) is 9.33. The number of hydrogen-bond acceptors (Lipinski definition) is 1. The Morgan fingerprint density at radius 2 is 1.67 bits per heavy atom. The van der Waals surface area contributed by atoms with Gasteiger partial charge in [-0.1, -0.05) is 43.2 Å². The van der Waals surface area contributed by atoms with Gasteiger partial charge in [0.25, 0.3) is 0 Å². The molecule has 1 atom stereocenters. The van der Waals surface area contributed by atoms with E-state index in [0.717, 1.165) is 6.61 Å². The van der Waals surface area contributed by atoms with Crippen LogP contribution in [0.3, 0.4) is 0 Å². The molecule has 2 aliphatic rings. The Hall–Kier alpha value is -0.820. The Balaban J connectivity index is 2.05. The molecule has 0 bridgehead atoms. The van der Waals surface area contributed by atoms with Crippen LogP contribution in [-0.2, 0) is 10.2 Å². The minimum Gasteiger partial charge on any atom is -0.369 e. The molecule has 0 N–H and O–H groups in total. The molecule has 1 aliphatic carbocycles. The van der Waals surface area contributed by atoms with Crippen molar-refractivity contribution in [2.75, 3.05) is 6.61 Å². The third kappa shape index (κ3) is 1.26. The molecular weight excluding hydrogens is 184 g/mol. The van der Waals surface area contributed by atoms with Crippen LogP contribution in [0.2, 0.25) is 0 Å². The number of epoxide rings is 1. The third-order valence-corrected chi connectivity index (χ3v) is 4.37. The van der Waals surface area contributed by atoms with Gasteiger partial charge in [0.15, 0.2) is 0 Å². The molecule has 1 aromatic carbocycles. The first-order chi connectivity index (χ1) is 7.27. The monoisotopic (exact) mass is 202 g/mol. The number of rotatable bonds is 2.